The minimum Gasteiger partial charge on any atom is -0.407 e. The van der Waals surface area contributed by atoms with E-state index in [2.05, 4.69) is 32.9 Å². The largest absolute Gasteiger partial charge is 0.407 e. The van der Waals surface area contributed by atoms with Crippen LogP contribution in [0, 0.1) is 13.8 Å². The molecular weight excluding hydrogens is 258 g/mol. The van der Waals surface area contributed by atoms with E-state index in [1.807, 2.05) is 20.8 Å². The van der Waals surface area contributed by atoms with Crippen LogP contribution in [0.15, 0.2) is 8.94 Å². The van der Waals surface area contributed by atoms with Gasteiger partial charge in [-0.05, 0) is 33.7 Å². The van der Waals surface area contributed by atoms with E-state index in [0.717, 1.165) is 30.0 Å². The standard InChI is InChI=1S/C13H21N5O2/c1-5-6-14-7-11-16-17-13(19-11)15-8(2)12-9(3)18-20-10(12)4/h8,14H,5-7H2,1-4H3,(H,15,17). The second-order valence-corrected chi connectivity index (χ2v) is 4.78. The maximum absolute atomic E-state index is 5.53. The van der Waals surface area contributed by atoms with E-state index in [4.69, 9.17) is 8.94 Å². The topological polar surface area (TPSA) is 89.0 Å². The second kappa shape index (κ2) is 6.51. The summed E-state index contributed by atoms with van der Waals surface area (Å²) < 4.78 is 10.7. The minimum absolute atomic E-state index is 0.00171. The van der Waals surface area contributed by atoms with Crippen LogP contribution >= 0.6 is 0 Å². The van der Waals surface area contributed by atoms with Gasteiger partial charge in [-0.15, -0.1) is 5.10 Å². The Bertz CT molecular complexity index is 529. The first-order valence-electron chi connectivity index (χ1n) is 6.84. The van der Waals surface area contributed by atoms with Gasteiger partial charge in [-0.3, -0.25) is 0 Å². The van der Waals surface area contributed by atoms with Crippen molar-refractivity contribution in [3.8, 4) is 0 Å². The maximum atomic E-state index is 5.53. The van der Waals surface area contributed by atoms with Crippen LogP contribution in [0.4, 0.5) is 6.01 Å². The van der Waals surface area contributed by atoms with Crippen molar-refractivity contribution in [1.29, 1.82) is 0 Å². The van der Waals surface area contributed by atoms with Gasteiger partial charge in [0.1, 0.15) is 5.76 Å². The van der Waals surface area contributed by atoms with E-state index in [9.17, 15) is 0 Å². The van der Waals surface area contributed by atoms with Gasteiger partial charge in [0, 0.05) is 5.56 Å². The van der Waals surface area contributed by atoms with Crippen LogP contribution in [0.25, 0.3) is 0 Å². The van der Waals surface area contributed by atoms with E-state index in [1.165, 1.54) is 0 Å². The first-order valence-corrected chi connectivity index (χ1v) is 6.84. The molecule has 2 aromatic heterocycles. The Kier molecular flexibility index (Phi) is 4.73. The Morgan fingerprint density at radius 3 is 2.70 bits per heavy atom. The third-order valence-corrected chi connectivity index (χ3v) is 3.03. The average molecular weight is 279 g/mol. The normalized spacial score (nSPS) is 12.6. The molecule has 0 bridgehead atoms. The molecule has 0 amide bonds. The summed E-state index contributed by atoms with van der Waals surface area (Å²) in [6, 6.07) is 0.406. The lowest BCUT2D eigenvalue weighted by Gasteiger charge is -2.10. The molecule has 20 heavy (non-hydrogen) atoms. The van der Waals surface area contributed by atoms with Crippen molar-refractivity contribution in [2.75, 3.05) is 11.9 Å². The molecule has 2 aromatic rings. The van der Waals surface area contributed by atoms with Crippen LogP contribution in [0.2, 0.25) is 0 Å². The lowest BCUT2D eigenvalue weighted by molar-refractivity contribution is 0.391. The summed E-state index contributed by atoms with van der Waals surface area (Å²) in [4.78, 5) is 0. The van der Waals surface area contributed by atoms with E-state index in [1.54, 1.807) is 0 Å². The summed E-state index contributed by atoms with van der Waals surface area (Å²) in [6.45, 7) is 9.44. The highest BCUT2D eigenvalue weighted by atomic mass is 16.5. The Labute approximate surface area is 118 Å². The van der Waals surface area contributed by atoms with Gasteiger partial charge in [-0.2, -0.15) is 0 Å². The second-order valence-electron chi connectivity index (χ2n) is 4.78. The van der Waals surface area contributed by atoms with Gasteiger partial charge in [0.15, 0.2) is 0 Å². The molecule has 1 unspecified atom stereocenters. The summed E-state index contributed by atoms with van der Waals surface area (Å²) in [5.74, 6) is 1.37. The molecule has 0 aliphatic carbocycles. The van der Waals surface area contributed by atoms with Gasteiger partial charge in [-0.1, -0.05) is 17.2 Å². The average Bonchev–Trinajstić information content (AvgIpc) is 2.97. The third-order valence-electron chi connectivity index (χ3n) is 3.03. The molecule has 110 valence electrons. The van der Waals surface area contributed by atoms with Crippen LogP contribution < -0.4 is 10.6 Å². The molecule has 0 saturated carbocycles. The van der Waals surface area contributed by atoms with Crippen molar-refractivity contribution in [2.24, 2.45) is 0 Å². The Morgan fingerprint density at radius 2 is 2.05 bits per heavy atom. The molecule has 1 atom stereocenters. The summed E-state index contributed by atoms with van der Waals surface area (Å²) in [5.41, 5.74) is 1.89. The summed E-state index contributed by atoms with van der Waals surface area (Å²) >= 11 is 0. The van der Waals surface area contributed by atoms with E-state index in [-0.39, 0.29) is 6.04 Å². The lowest BCUT2D eigenvalue weighted by Crippen LogP contribution is -2.13. The predicted octanol–water partition coefficient (Wildman–Crippen LogP) is 2.35. The highest BCUT2D eigenvalue weighted by molar-refractivity contribution is 5.32. The summed E-state index contributed by atoms with van der Waals surface area (Å²) in [6.07, 6.45) is 1.07. The number of nitrogens with one attached hydrogen (secondary N) is 2. The smallest absolute Gasteiger partial charge is 0.315 e. The zero-order valence-electron chi connectivity index (χ0n) is 12.4. The van der Waals surface area contributed by atoms with Gasteiger partial charge in [0.05, 0.1) is 18.3 Å². The zero-order valence-corrected chi connectivity index (χ0v) is 12.4. The van der Waals surface area contributed by atoms with E-state index < -0.39 is 0 Å². The molecule has 0 aromatic carbocycles. The monoisotopic (exact) mass is 279 g/mol. The molecule has 7 nitrogen and oxygen atoms in total. The highest BCUT2D eigenvalue weighted by Crippen LogP contribution is 2.24. The number of aryl methyl sites for hydroxylation is 2. The molecule has 0 saturated heterocycles. The number of anilines is 1. The molecule has 2 N–H and O–H groups in total. The molecule has 7 heteroatoms. The molecule has 0 spiro atoms. The summed E-state index contributed by atoms with van der Waals surface area (Å²) in [5, 5.41) is 18.3. The fraction of sp³-hybridized carbons (Fsp3) is 0.615. The van der Waals surface area contributed by atoms with Crippen LogP contribution in [-0.4, -0.2) is 21.9 Å². The number of rotatable bonds is 7. The van der Waals surface area contributed by atoms with Crippen LogP contribution in [0.3, 0.4) is 0 Å². The first kappa shape index (κ1) is 14.5. The van der Waals surface area contributed by atoms with Crippen LogP contribution in [0.5, 0.6) is 0 Å². The molecule has 2 rings (SSSR count). The highest BCUT2D eigenvalue weighted by Gasteiger charge is 2.18. The van der Waals surface area contributed by atoms with Crippen molar-refractivity contribution in [2.45, 2.75) is 46.7 Å². The first-order chi connectivity index (χ1) is 9.61. The van der Waals surface area contributed by atoms with Crippen molar-refractivity contribution >= 4 is 6.01 Å². The molecule has 0 radical (unpaired) electrons. The van der Waals surface area contributed by atoms with Gasteiger partial charge in [0.2, 0.25) is 5.89 Å². The van der Waals surface area contributed by atoms with Crippen LogP contribution in [0.1, 0.15) is 49.2 Å². The van der Waals surface area contributed by atoms with Crippen molar-refractivity contribution in [3.63, 3.8) is 0 Å². The SMILES string of the molecule is CCCNCc1nnc(NC(C)c2c(C)noc2C)o1. The fourth-order valence-corrected chi connectivity index (χ4v) is 2.12. The van der Waals surface area contributed by atoms with E-state index >= 15 is 0 Å². The van der Waals surface area contributed by atoms with Gasteiger partial charge >= 0.3 is 6.01 Å². The molecule has 0 aliphatic rings. The Morgan fingerprint density at radius 1 is 1.25 bits per heavy atom. The number of aromatic nitrogens is 3. The summed E-state index contributed by atoms with van der Waals surface area (Å²) in [7, 11) is 0. The molecule has 0 aliphatic heterocycles. The van der Waals surface area contributed by atoms with Gasteiger partial charge in [0.25, 0.3) is 0 Å². The van der Waals surface area contributed by atoms with Crippen LogP contribution in [-0.2, 0) is 6.54 Å². The Balaban J connectivity index is 1.96. The molecule has 2 heterocycles. The van der Waals surface area contributed by atoms with Crippen molar-refractivity contribution in [1.82, 2.24) is 20.7 Å². The fourth-order valence-electron chi connectivity index (χ4n) is 2.12. The third kappa shape index (κ3) is 3.36. The molecule has 0 fully saturated rings. The number of nitrogens with zero attached hydrogens (tertiary/aromatic N) is 3. The lowest BCUT2D eigenvalue weighted by atomic mass is 10.1. The van der Waals surface area contributed by atoms with Gasteiger partial charge < -0.3 is 19.6 Å². The predicted molar refractivity (Wildman–Crippen MR) is 74.3 cm³/mol. The quantitative estimate of drug-likeness (QED) is 0.752. The molecular formula is C13H21N5O2. The maximum Gasteiger partial charge on any atom is 0.315 e. The van der Waals surface area contributed by atoms with E-state index in [0.29, 0.717) is 18.5 Å². The number of hydrogen-bond donors (Lipinski definition) is 2. The number of hydrogen-bond acceptors (Lipinski definition) is 7. The van der Waals surface area contributed by atoms with Crippen molar-refractivity contribution < 1.29 is 8.94 Å². The Hall–Kier alpha value is -1.89. The zero-order chi connectivity index (χ0) is 14.5. The van der Waals surface area contributed by atoms with Gasteiger partial charge in [-0.25, -0.2) is 0 Å². The van der Waals surface area contributed by atoms with Crippen molar-refractivity contribution in [3.05, 3.63) is 22.9 Å². The minimum atomic E-state index is -0.00171.